The first-order chi connectivity index (χ1) is 16.4. The fourth-order valence-electron chi connectivity index (χ4n) is 3.75. The number of anilines is 3. The lowest BCUT2D eigenvalue weighted by molar-refractivity contribution is -0.143. The van der Waals surface area contributed by atoms with Gasteiger partial charge in [-0.1, -0.05) is 31.1 Å². The minimum atomic E-state index is -0.749. The van der Waals surface area contributed by atoms with E-state index in [9.17, 15) is 9.59 Å². The van der Waals surface area contributed by atoms with Crippen molar-refractivity contribution in [3.05, 3.63) is 54.0 Å². The first-order valence-corrected chi connectivity index (χ1v) is 11.2. The van der Waals surface area contributed by atoms with Crippen LogP contribution in [0, 0.1) is 5.92 Å². The zero-order valence-electron chi connectivity index (χ0n) is 19.0. The van der Waals surface area contributed by atoms with Crippen LogP contribution in [0.15, 0.2) is 47.0 Å². The van der Waals surface area contributed by atoms with Gasteiger partial charge in [0.2, 0.25) is 5.88 Å². The molecule has 10 heteroatoms. The molecule has 178 valence electrons. The molecule has 1 fully saturated rings. The van der Waals surface area contributed by atoms with Gasteiger partial charge in [0.1, 0.15) is 6.10 Å². The number of hydrogen-bond donors (Lipinski definition) is 3. The Bertz CT molecular complexity index is 1120. The largest absolute Gasteiger partial charge is 0.481 e. The normalized spacial score (nSPS) is 17.9. The molecule has 1 aliphatic carbocycles. The Labute approximate surface area is 196 Å². The van der Waals surface area contributed by atoms with Gasteiger partial charge in [0.05, 0.1) is 17.8 Å². The highest BCUT2D eigenvalue weighted by Gasteiger charge is 2.27. The van der Waals surface area contributed by atoms with Gasteiger partial charge in [-0.2, -0.15) is 0 Å². The van der Waals surface area contributed by atoms with E-state index in [4.69, 9.17) is 14.3 Å². The van der Waals surface area contributed by atoms with Gasteiger partial charge < -0.3 is 24.9 Å². The van der Waals surface area contributed by atoms with Crippen LogP contribution in [0.2, 0.25) is 0 Å². The molecule has 0 spiro atoms. The van der Waals surface area contributed by atoms with Crippen molar-refractivity contribution >= 4 is 29.3 Å². The molecule has 0 saturated heterocycles. The molecule has 1 aromatic carbocycles. The number of ether oxygens (including phenoxy) is 1. The SMILES string of the molecule is CC(C)c1ccc(Nc2nnc(C(=O)Nc3ccc(O[C@H]4CC[C@@H](C(=O)O)CC4)nc3)o2)cc1. The summed E-state index contributed by atoms with van der Waals surface area (Å²) in [6.45, 7) is 4.24. The number of amides is 1. The number of aliphatic carboxylic acids is 1. The molecule has 0 bridgehead atoms. The third-order valence-corrected chi connectivity index (χ3v) is 5.75. The Morgan fingerprint density at radius 1 is 1.03 bits per heavy atom. The molecule has 1 amide bonds. The van der Waals surface area contributed by atoms with Crippen molar-refractivity contribution in [3.8, 4) is 5.88 Å². The quantitative estimate of drug-likeness (QED) is 0.435. The standard InChI is InChI=1S/C24H27N5O5/c1-14(2)15-3-7-17(8-4-15)27-24-29-28-22(34-24)21(30)26-18-9-12-20(25-13-18)33-19-10-5-16(6-11-19)23(31)32/h3-4,7-9,12-14,16,19H,5-6,10-11H2,1-2H3,(H,26,30)(H,27,29)(H,31,32)/t16-,19+. The summed E-state index contributed by atoms with van der Waals surface area (Å²) in [6, 6.07) is 11.3. The van der Waals surface area contributed by atoms with Gasteiger partial charge in [0, 0.05) is 11.8 Å². The van der Waals surface area contributed by atoms with Crippen molar-refractivity contribution in [1.29, 1.82) is 0 Å². The molecule has 1 saturated carbocycles. The van der Waals surface area contributed by atoms with Crippen LogP contribution >= 0.6 is 0 Å². The van der Waals surface area contributed by atoms with E-state index in [2.05, 4.69) is 39.7 Å². The fourth-order valence-corrected chi connectivity index (χ4v) is 3.75. The second-order valence-electron chi connectivity index (χ2n) is 8.58. The van der Waals surface area contributed by atoms with Crippen LogP contribution in [-0.4, -0.2) is 38.3 Å². The van der Waals surface area contributed by atoms with Crippen LogP contribution in [0.3, 0.4) is 0 Å². The monoisotopic (exact) mass is 465 g/mol. The molecule has 0 radical (unpaired) electrons. The van der Waals surface area contributed by atoms with E-state index in [1.807, 2.05) is 24.3 Å². The van der Waals surface area contributed by atoms with Crippen LogP contribution in [-0.2, 0) is 4.79 Å². The predicted molar refractivity (Wildman–Crippen MR) is 124 cm³/mol. The van der Waals surface area contributed by atoms with Gasteiger partial charge in [-0.3, -0.25) is 9.59 Å². The fraction of sp³-hybridized carbons (Fsp3) is 0.375. The minimum absolute atomic E-state index is 0.0607. The summed E-state index contributed by atoms with van der Waals surface area (Å²) in [4.78, 5) is 27.7. The Hall–Kier alpha value is -3.95. The van der Waals surface area contributed by atoms with E-state index in [1.165, 1.54) is 11.8 Å². The maximum Gasteiger partial charge on any atom is 0.320 e. The molecular weight excluding hydrogens is 438 g/mol. The third kappa shape index (κ3) is 5.89. The molecule has 4 rings (SSSR count). The van der Waals surface area contributed by atoms with E-state index in [0.29, 0.717) is 43.2 Å². The number of carbonyl (C=O) groups is 2. The minimum Gasteiger partial charge on any atom is -0.481 e. The number of carboxylic acids is 1. The lowest BCUT2D eigenvalue weighted by atomic mass is 9.87. The van der Waals surface area contributed by atoms with Crippen LogP contribution < -0.4 is 15.4 Å². The summed E-state index contributed by atoms with van der Waals surface area (Å²) >= 11 is 0. The lowest BCUT2D eigenvalue weighted by Gasteiger charge is -2.26. The number of nitrogens with zero attached hydrogens (tertiary/aromatic N) is 3. The number of carbonyl (C=O) groups excluding carboxylic acids is 1. The number of nitrogens with one attached hydrogen (secondary N) is 2. The number of carboxylic acid groups (broad SMARTS) is 1. The summed E-state index contributed by atoms with van der Waals surface area (Å²) in [5, 5.41) is 22.4. The van der Waals surface area contributed by atoms with Gasteiger partial charge in [0.15, 0.2) is 0 Å². The molecule has 34 heavy (non-hydrogen) atoms. The summed E-state index contributed by atoms with van der Waals surface area (Å²) in [5.41, 5.74) is 2.44. The van der Waals surface area contributed by atoms with Crippen molar-refractivity contribution in [2.45, 2.75) is 51.6 Å². The van der Waals surface area contributed by atoms with Crippen molar-refractivity contribution in [1.82, 2.24) is 15.2 Å². The molecule has 2 heterocycles. The van der Waals surface area contributed by atoms with Crippen LogP contribution in [0.1, 0.15) is 61.7 Å². The van der Waals surface area contributed by atoms with E-state index in [0.717, 1.165) is 5.69 Å². The highest BCUT2D eigenvalue weighted by atomic mass is 16.5. The van der Waals surface area contributed by atoms with E-state index in [1.54, 1.807) is 12.1 Å². The number of pyridine rings is 1. The number of hydrogen-bond acceptors (Lipinski definition) is 8. The van der Waals surface area contributed by atoms with Gasteiger partial charge in [-0.05, 0) is 55.4 Å². The zero-order valence-corrected chi connectivity index (χ0v) is 19.0. The number of aromatic nitrogens is 3. The zero-order chi connectivity index (χ0) is 24.1. The number of benzene rings is 1. The molecule has 3 N–H and O–H groups in total. The van der Waals surface area contributed by atoms with Crippen LogP contribution in [0.4, 0.5) is 17.4 Å². The van der Waals surface area contributed by atoms with Gasteiger partial charge >= 0.3 is 23.8 Å². The highest BCUT2D eigenvalue weighted by Crippen LogP contribution is 2.27. The van der Waals surface area contributed by atoms with E-state index >= 15 is 0 Å². The molecule has 0 aliphatic heterocycles. The molecule has 0 unspecified atom stereocenters. The Morgan fingerprint density at radius 2 is 1.74 bits per heavy atom. The second-order valence-corrected chi connectivity index (χ2v) is 8.58. The third-order valence-electron chi connectivity index (χ3n) is 5.75. The van der Waals surface area contributed by atoms with E-state index < -0.39 is 11.9 Å². The summed E-state index contributed by atoms with van der Waals surface area (Å²) in [5.74, 6) is -0.932. The molecule has 2 aromatic heterocycles. The first-order valence-electron chi connectivity index (χ1n) is 11.2. The molecule has 0 atom stereocenters. The second kappa shape index (κ2) is 10.3. The highest BCUT2D eigenvalue weighted by molar-refractivity contribution is 6.00. The van der Waals surface area contributed by atoms with E-state index in [-0.39, 0.29) is 23.9 Å². The molecule has 10 nitrogen and oxygen atoms in total. The molecule has 1 aliphatic rings. The molecule has 3 aromatic rings. The average Bonchev–Trinajstić information content (AvgIpc) is 3.30. The van der Waals surface area contributed by atoms with Crippen molar-refractivity contribution in [2.24, 2.45) is 5.92 Å². The topological polar surface area (TPSA) is 139 Å². The summed E-state index contributed by atoms with van der Waals surface area (Å²) < 4.78 is 11.3. The summed E-state index contributed by atoms with van der Waals surface area (Å²) in [7, 11) is 0. The number of rotatable bonds is 8. The van der Waals surface area contributed by atoms with Gasteiger partial charge in [0.25, 0.3) is 0 Å². The first kappa shape index (κ1) is 23.2. The van der Waals surface area contributed by atoms with Crippen molar-refractivity contribution in [3.63, 3.8) is 0 Å². The summed E-state index contributed by atoms with van der Waals surface area (Å²) in [6.07, 6.45) is 3.95. The van der Waals surface area contributed by atoms with Gasteiger partial charge in [-0.15, -0.1) is 5.10 Å². The van der Waals surface area contributed by atoms with Crippen LogP contribution in [0.25, 0.3) is 0 Å². The van der Waals surface area contributed by atoms with Crippen LogP contribution in [0.5, 0.6) is 5.88 Å². The average molecular weight is 466 g/mol. The maximum absolute atomic E-state index is 12.4. The maximum atomic E-state index is 12.4. The lowest BCUT2D eigenvalue weighted by Crippen LogP contribution is -2.28. The van der Waals surface area contributed by atoms with Gasteiger partial charge in [-0.25, -0.2) is 4.98 Å². The Kier molecular flexibility index (Phi) is 7.05. The van der Waals surface area contributed by atoms with Crippen molar-refractivity contribution in [2.75, 3.05) is 10.6 Å². The Balaban J connectivity index is 1.28. The Morgan fingerprint density at radius 3 is 2.35 bits per heavy atom. The molecular formula is C24H27N5O5. The smallest absolute Gasteiger partial charge is 0.320 e. The van der Waals surface area contributed by atoms with Crippen molar-refractivity contribution < 1.29 is 23.8 Å². The predicted octanol–water partition coefficient (Wildman–Crippen LogP) is 4.61.